The van der Waals surface area contributed by atoms with Crippen LogP contribution in [0, 0.1) is 6.92 Å². The zero-order chi connectivity index (χ0) is 15.1. The average molecular weight is 282 g/mol. The molecule has 21 heavy (non-hydrogen) atoms. The van der Waals surface area contributed by atoms with Crippen molar-refractivity contribution in [1.82, 2.24) is 0 Å². The fourth-order valence-electron chi connectivity index (χ4n) is 1.89. The van der Waals surface area contributed by atoms with E-state index in [0.717, 1.165) is 5.56 Å². The Labute approximate surface area is 124 Å². The maximum absolute atomic E-state index is 11.6. The van der Waals surface area contributed by atoms with Gasteiger partial charge in [-0.1, -0.05) is 54.1 Å². The van der Waals surface area contributed by atoms with E-state index in [9.17, 15) is 4.79 Å². The molecule has 3 nitrogen and oxygen atoms in total. The van der Waals surface area contributed by atoms with E-state index in [4.69, 9.17) is 9.47 Å². The molecule has 108 valence electrons. The predicted molar refractivity (Wildman–Crippen MR) is 82.5 cm³/mol. The minimum atomic E-state index is -0.708. The van der Waals surface area contributed by atoms with Gasteiger partial charge in [-0.25, -0.2) is 4.79 Å². The van der Waals surface area contributed by atoms with Gasteiger partial charge in [0.1, 0.15) is 12.4 Å². The van der Waals surface area contributed by atoms with Crippen LogP contribution in [0.1, 0.15) is 17.0 Å². The summed E-state index contributed by atoms with van der Waals surface area (Å²) in [6.07, 6.45) is 1.06. The second-order valence-electron chi connectivity index (χ2n) is 4.73. The molecule has 0 N–H and O–H groups in total. The van der Waals surface area contributed by atoms with Crippen molar-refractivity contribution in [2.24, 2.45) is 0 Å². The van der Waals surface area contributed by atoms with E-state index in [1.807, 2.05) is 37.3 Å². The maximum Gasteiger partial charge on any atom is 0.513 e. The lowest BCUT2D eigenvalue weighted by Crippen LogP contribution is -2.15. The van der Waals surface area contributed by atoms with Gasteiger partial charge in [-0.05, 0) is 24.6 Å². The quantitative estimate of drug-likeness (QED) is 0.461. The Hall–Kier alpha value is -2.55. The Morgan fingerprint density at radius 2 is 1.81 bits per heavy atom. The number of hydrogen-bond acceptors (Lipinski definition) is 3. The van der Waals surface area contributed by atoms with Gasteiger partial charge in [0.05, 0.1) is 0 Å². The Kier molecular flexibility index (Phi) is 5.16. The molecule has 0 spiro atoms. The summed E-state index contributed by atoms with van der Waals surface area (Å²) in [6, 6.07) is 16.9. The van der Waals surface area contributed by atoms with Crippen LogP contribution in [0.2, 0.25) is 0 Å². The number of benzene rings is 2. The van der Waals surface area contributed by atoms with Crippen LogP contribution in [0.15, 0.2) is 67.3 Å². The zero-order valence-corrected chi connectivity index (χ0v) is 12.0. The monoisotopic (exact) mass is 282 g/mol. The molecule has 0 aliphatic carbocycles. The molecule has 0 aromatic heterocycles. The highest BCUT2D eigenvalue weighted by atomic mass is 16.7. The molecular weight excluding hydrogens is 264 g/mol. The molecule has 0 saturated carbocycles. The van der Waals surface area contributed by atoms with Crippen molar-refractivity contribution >= 4 is 6.16 Å². The molecule has 0 saturated heterocycles. The number of ether oxygens (including phenoxy) is 2. The number of rotatable bonds is 5. The van der Waals surface area contributed by atoms with Crippen molar-refractivity contribution in [1.29, 1.82) is 0 Å². The summed E-state index contributed by atoms with van der Waals surface area (Å²) >= 11 is 0. The van der Waals surface area contributed by atoms with Gasteiger partial charge in [0.15, 0.2) is 0 Å². The van der Waals surface area contributed by atoms with Crippen LogP contribution in [0.25, 0.3) is 0 Å². The number of para-hydroxylation sites is 1. The summed E-state index contributed by atoms with van der Waals surface area (Å²) in [7, 11) is 0. The third-order valence-corrected chi connectivity index (χ3v) is 3.12. The number of carbonyl (C=O) groups excluding carboxylic acids is 1. The van der Waals surface area contributed by atoms with Gasteiger partial charge in [0.25, 0.3) is 0 Å². The van der Waals surface area contributed by atoms with E-state index in [1.165, 1.54) is 5.56 Å². The fraction of sp³-hybridized carbons (Fsp3) is 0.167. The molecule has 2 rings (SSSR count). The van der Waals surface area contributed by atoms with E-state index < -0.39 is 6.16 Å². The lowest BCUT2D eigenvalue weighted by atomic mass is 9.99. The standard InChI is InChI=1S/C18H18O3/c1-3-15(16-11-9-14(2)10-12-16)13-20-18(19)21-17-7-5-4-6-8-17/h3-12,15H,1,13H2,2H3/t15-/m0/s1. The van der Waals surface area contributed by atoms with Crippen molar-refractivity contribution in [3.05, 3.63) is 78.4 Å². The summed E-state index contributed by atoms with van der Waals surface area (Å²) in [5.41, 5.74) is 2.24. The van der Waals surface area contributed by atoms with Crippen molar-refractivity contribution in [3.8, 4) is 5.75 Å². The van der Waals surface area contributed by atoms with E-state index >= 15 is 0 Å². The smallest absolute Gasteiger partial charge is 0.433 e. The highest BCUT2D eigenvalue weighted by Crippen LogP contribution is 2.18. The molecular formula is C18H18O3. The van der Waals surface area contributed by atoms with Crippen molar-refractivity contribution in [3.63, 3.8) is 0 Å². The topological polar surface area (TPSA) is 35.5 Å². The first-order valence-electron chi connectivity index (χ1n) is 6.78. The first-order chi connectivity index (χ1) is 10.2. The van der Waals surface area contributed by atoms with E-state index in [2.05, 4.69) is 6.58 Å². The lowest BCUT2D eigenvalue weighted by Gasteiger charge is -2.13. The summed E-state index contributed by atoms with van der Waals surface area (Å²) < 4.78 is 10.2. The molecule has 3 heteroatoms. The second kappa shape index (κ2) is 7.29. The molecule has 1 atom stereocenters. The van der Waals surface area contributed by atoms with Crippen LogP contribution >= 0.6 is 0 Å². The van der Waals surface area contributed by atoms with Crippen molar-refractivity contribution in [2.45, 2.75) is 12.8 Å². The Morgan fingerprint density at radius 3 is 2.43 bits per heavy atom. The largest absolute Gasteiger partial charge is 0.513 e. The summed E-state index contributed by atoms with van der Waals surface area (Å²) in [6.45, 7) is 6.02. The van der Waals surface area contributed by atoms with Crippen LogP contribution < -0.4 is 4.74 Å². The minimum Gasteiger partial charge on any atom is -0.433 e. The highest BCUT2D eigenvalue weighted by Gasteiger charge is 2.12. The Balaban J connectivity index is 1.89. The second-order valence-corrected chi connectivity index (χ2v) is 4.73. The van der Waals surface area contributed by atoms with Crippen LogP contribution in [0.5, 0.6) is 5.75 Å². The van der Waals surface area contributed by atoms with Gasteiger partial charge < -0.3 is 9.47 Å². The predicted octanol–water partition coefficient (Wildman–Crippen LogP) is 4.48. The molecule has 0 fully saturated rings. The fourth-order valence-corrected chi connectivity index (χ4v) is 1.89. The minimum absolute atomic E-state index is 0.0473. The van der Waals surface area contributed by atoms with Gasteiger partial charge in [-0.15, -0.1) is 6.58 Å². The normalized spacial score (nSPS) is 11.5. The molecule has 0 unspecified atom stereocenters. The molecule has 0 amide bonds. The SMILES string of the molecule is C=C[C@@H](COC(=O)Oc1ccccc1)c1ccc(C)cc1. The van der Waals surface area contributed by atoms with Gasteiger partial charge in [-0.3, -0.25) is 0 Å². The zero-order valence-electron chi connectivity index (χ0n) is 12.0. The number of carbonyl (C=O) groups is 1. The number of aryl methyl sites for hydroxylation is 1. The third kappa shape index (κ3) is 4.49. The summed E-state index contributed by atoms with van der Waals surface area (Å²) in [4.78, 5) is 11.6. The molecule has 0 radical (unpaired) electrons. The molecule has 2 aromatic carbocycles. The highest BCUT2D eigenvalue weighted by molar-refractivity contribution is 5.63. The Morgan fingerprint density at radius 1 is 1.14 bits per heavy atom. The van der Waals surface area contributed by atoms with E-state index in [-0.39, 0.29) is 12.5 Å². The van der Waals surface area contributed by atoms with E-state index in [0.29, 0.717) is 5.75 Å². The molecule has 2 aromatic rings. The third-order valence-electron chi connectivity index (χ3n) is 3.12. The van der Waals surface area contributed by atoms with Gasteiger partial charge in [0, 0.05) is 5.92 Å². The Bertz CT molecular complexity index is 588. The van der Waals surface area contributed by atoms with Gasteiger partial charge in [0.2, 0.25) is 0 Å². The van der Waals surface area contributed by atoms with Crippen LogP contribution in [0.3, 0.4) is 0 Å². The van der Waals surface area contributed by atoms with Crippen LogP contribution in [0.4, 0.5) is 4.79 Å². The van der Waals surface area contributed by atoms with E-state index in [1.54, 1.807) is 30.3 Å². The first-order valence-corrected chi connectivity index (χ1v) is 6.78. The van der Waals surface area contributed by atoms with Crippen LogP contribution in [-0.4, -0.2) is 12.8 Å². The lowest BCUT2D eigenvalue weighted by molar-refractivity contribution is 0.0967. The first kappa shape index (κ1) is 14.9. The maximum atomic E-state index is 11.6. The van der Waals surface area contributed by atoms with Crippen molar-refractivity contribution < 1.29 is 14.3 Å². The van der Waals surface area contributed by atoms with Crippen LogP contribution in [-0.2, 0) is 4.74 Å². The molecule has 0 bridgehead atoms. The summed E-state index contributed by atoms with van der Waals surface area (Å²) in [5, 5.41) is 0. The molecule has 0 heterocycles. The summed E-state index contributed by atoms with van der Waals surface area (Å²) in [5.74, 6) is 0.418. The van der Waals surface area contributed by atoms with Crippen molar-refractivity contribution in [2.75, 3.05) is 6.61 Å². The molecule has 0 aliphatic heterocycles. The average Bonchev–Trinajstić information content (AvgIpc) is 2.50. The molecule has 0 aliphatic rings. The van der Waals surface area contributed by atoms with Gasteiger partial charge in [-0.2, -0.15) is 0 Å². The van der Waals surface area contributed by atoms with Gasteiger partial charge >= 0.3 is 6.16 Å². The number of hydrogen-bond donors (Lipinski definition) is 0.